The molecule has 2 aromatic carbocycles. The van der Waals surface area contributed by atoms with Crippen molar-refractivity contribution >= 4 is 34.8 Å². The van der Waals surface area contributed by atoms with Crippen molar-refractivity contribution < 1.29 is 14.4 Å². The van der Waals surface area contributed by atoms with Gasteiger partial charge in [0.2, 0.25) is 17.7 Å². The molecule has 0 saturated carbocycles. The molecule has 1 aliphatic heterocycles. The third-order valence-electron chi connectivity index (χ3n) is 5.09. The van der Waals surface area contributed by atoms with Gasteiger partial charge in [-0.1, -0.05) is 32.0 Å². The number of benzene rings is 2. The molecule has 2 aromatic rings. The van der Waals surface area contributed by atoms with Gasteiger partial charge in [0.1, 0.15) is 0 Å². The van der Waals surface area contributed by atoms with Crippen LogP contribution >= 0.6 is 0 Å². The highest BCUT2D eigenvalue weighted by Crippen LogP contribution is 2.30. The molecule has 1 unspecified atom stereocenters. The zero-order valence-corrected chi connectivity index (χ0v) is 17.3. The Balaban J connectivity index is 1.75. The van der Waals surface area contributed by atoms with Gasteiger partial charge in [-0.3, -0.25) is 14.4 Å². The van der Waals surface area contributed by atoms with Gasteiger partial charge in [0, 0.05) is 25.6 Å². The van der Waals surface area contributed by atoms with Gasteiger partial charge in [-0.15, -0.1) is 0 Å². The fraction of sp³-hybridized carbons (Fsp3) is 0.348. The Morgan fingerprint density at radius 1 is 1.07 bits per heavy atom. The maximum atomic E-state index is 12.9. The van der Waals surface area contributed by atoms with Crippen molar-refractivity contribution in [3.63, 3.8) is 0 Å². The standard InChI is InChI=1S/C23H27N3O3/c1-14(2)17-6-5-7-19(11-17)26-13-18(12-22(26)28)23(29)25-21-10-15(3)8-9-20(21)24-16(4)27/h5-11,14,18H,12-13H2,1-4H3,(H,24,27)(H,25,29). The highest BCUT2D eigenvalue weighted by Gasteiger charge is 2.35. The summed E-state index contributed by atoms with van der Waals surface area (Å²) >= 11 is 0. The van der Waals surface area contributed by atoms with Gasteiger partial charge in [0.15, 0.2) is 0 Å². The van der Waals surface area contributed by atoms with Crippen LogP contribution in [0.3, 0.4) is 0 Å². The van der Waals surface area contributed by atoms with Crippen molar-refractivity contribution in [2.75, 3.05) is 22.1 Å². The number of hydrogen-bond acceptors (Lipinski definition) is 3. The molecule has 6 nitrogen and oxygen atoms in total. The fourth-order valence-corrected chi connectivity index (χ4v) is 3.48. The minimum Gasteiger partial charge on any atom is -0.325 e. The van der Waals surface area contributed by atoms with E-state index in [1.165, 1.54) is 6.92 Å². The van der Waals surface area contributed by atoms with Gasteiger partial charge in [0.05, 0.1) is 17.3 Å². The number of amides is 3. The van der Waals surface area contributed by atoms with Crippen LogP contribution in [0.15, 0.2) is 42.5 Å². The molecule has 1 saturated heterocycles. The number of rotatable bonds is 5. The normalized spacial score (nSPS) is 16.2. The first-order chi connectivity index (χ1) is 13.7. The molecule has 3 rings (SSSR count). The smallest absolute Gasteiger partial charge is 0.229 e. The molecule has 3 amide bonds. The lowest BCUT2D eigenvalue weighted by atomic mass is 10.0. The summed E-state index contributed by atoms with van der Waals surface area (Å²) in [6, 6.07) is 13.3. The van der Waals surface area contributed by atoms with Crippen LogP contribution in [0, 0.1) is 12.8 Å². The van der Waals surface area contributed by atoms with Crippen LogP contribution in [-0.2, 0) is 14.4 Å². The molecule has 6 heteroatoms. The molecule has 2 N–H and O–H groups in total. The van der Waals surface area contributed by atoms with E-state index in [4.69, 9.17) is 0 Å². The van der Waals surface area contributed by atoms with E-state index < -0.39 is 5.92 Å². The molecule has 1 fully saturated rings. The van der Waals surface area contributed by atoms with E-state index in [9.17, 15) is 14.4 Å². The molecule has 1 heterocycles. The summed E-state index contributed by atoms with van der Waals surface area (Å²) in [6.45, 7) is 7.89. The number of carbonyl (C=O) groups is 3. The third-order valence-corrected chi connectivity index (χ3v) is 5.09. The highest BCUT2D eigenvalue weighted by molar-refractivity contribution is 6.05. The van der Waals surface area contributed by atoms with Crippen LogP contribution in [0.4, 0.5) is 17.1 Å². The lowest BCUT2D eigenvalue weighted by molar-refractivity contribution is -0.122. The number of nitrogens with one attached hydrogen (secondary N) is 2. The molecule has 0 bridgehead atoms. The minimum atomic E-state index is -0.448. The number of nitrogens with zero attached hydrogens (tertiary/aromatic N) is 1. The zero-order chi connectivity index (χ0) is 21.1. The van der Waals surface area contributed by atoms with E-state index in [1.54, 1.807) is 11.0 Å². The van der Waals surface area contributed by atoms with Gasteiger partial charge in [-0.25, -0.2) is 0 Å². The summed E-state index contributed by atoms with van der Waals surface area (Å²) in [4.78, 5) is 38.6. The predicted octanol–water partition coefficient (Wildman–Crippen LogP) is 4.07. The zero-order valence-electron chi connectivity index (χ0n) is 17.3. The first-order valence-corrected chi connectivity index (χ1v) is 9.84. The van der Waals surface area contributed by atoms with Crippen molar-refractivity contribution in [2.24, 2.45) is 5.92 Å². The van der Waals surface area contributed by atoms with Crippen molar-refractivity contribution in [1.82, 2.24) is 0 Å². The Morgan fingerprint density at radius 3 is 2.52 bits per heavy atom. The van der Waals surface area contributed by atoms with E-state index in [1.807, 2.05) is 43.3 Å². The van der Waals surface area contributed by atoms with Crippen LogP contribution in [0.25, 0.3) is 0 Å². The Hall–Kier alpha value is -3.15. The second-order valence-corrected chi connectivity index (χ2v) is 7.87. The van der Waals surface area contributed by atoms with Crippen LogP contribution < -0.4 is 15.5 Å². The summed E-state index contributed by atoms with van der Waals surface area (Å²) in [5.41, 5.74) is 4.03. The van der Waals surface area contributed by atoms with Crippen LogP contribution in [0.1, 0.15) is 44.2 Å². The second-order valence-electron chi connectivity index (χ2n) is 7.87. The number of hydrogen-bond donors (Lipinski definition) is 2. The number of carbonyl (C=O) groups excluding carboxylic acids is 3. The van der Waals surface area contributed by atoms with Gasteiger partial charge >= 0.3 is 0 Å². The maximum Gasteiger partial charge on any atom is 0.229 e. The molecule has 0 spiro atoms. The number of aryl methyl sites for hydroxylation is 1. The second kappa shape index (κ2) is 8.47. The highest BCUT2D eigenvalue weighted by atomic mass is 16.2. The first-order valence-electron chi connectivity index (χ1n) is 9.84. The van der Waals surface area contributed by atoms with Crippen LogP contribution in [0.2, 0.25) is 0 Å². The molecular weight excluding hydrogens is 366 g/mol. The van der Waals surface area contributed by atoms with E-state index in [0.717, 1.165) is 16.8 Å². The molecular formula is C23H27N3O3. The third kappa shape index (κ3) is 4.83. The number of anilines is 3. The molecule has 152 valence electrons. The summed E-state index contributed by atoms with van der Waals surface area (Å²) in [7, 11) is 0. The Kier molecular flexibility index (Phi) is 6.01. The Labute approximate surface area is 171 Å². The largest absolute Gasteiger partial charge is 0.325 e. The topological polar surface area (TPSA) is 78.5 Å². The molecule has 0 aliphatic carbocycles. The predicted molar refractivity (Wildman–Crippen MR) is 115 cm³/mol. The van der Waals surface area contributed by atoms with E-state index in [0.29, 0.717) is 23.8 Å². The fourth-order valence-electron chi connectivity index (χ4n) is 3.48. The van der Waals surface area contributed by atoms with E-state index in [-0.39, 0.29) is 24.1 Å². The lowest BCUT2D eigenvalue weighted by Gasteiger charge is -2.19. The average Bonchev–Trinajstić information content (AvgIpc) is 3.05. The van der Waals surface area contributed by atoms with Crippen LogP contribution in [-0.4, -0.2) is 24.3 Å². The van der Waals surface area contributed by atoms with Gasteiger partial charge < -0.3 is 15.5 Å². The first kappa shape index (κ1) is 20.6. The minimum absolute atomic E-state index is 0.0580. The van der Waals surface area contributed by atoms with E-state index >= 15 is 0 Å². The quantitative estimate of drug-likeness (QED) is 0.804. The Bertz CT molecular complexity index is 952. The maximum absolute atomic E-state index is 12.9. The molecule has 29 heavy (non-hydrogen) atoms. The summed E-state index contributed by atoms with van der Waals surface area (Å²) in [5, 5.41) is 5.61. The van der Waals surface area contributed by atoms with Crippen molar-refractivity contribution in [3.8, 4) is 0 Å². The van der Waals surface area contributed by atoms with Crippen molar-refractivity contribution in [3.05, 3.63) is 53.6 Å². The lowest BCUT2D eigenvalue weighted by Crippen LogP contribution is -2.28. The average molecular weight is 393 g/mol. The Morgan fingerprint density at radius 2 is 1.83 bits per heavy atom. The van der Waals surface area contributed by atoms with Crippen molar-refractivity contribution in [2.45, 2.75) is 40.0 Å². The molecule has 1 atom stereocenters. The van der Waals surface area contributed by atoms with Crippen molar-refractivity contribution in [1.29, 1.82) is 0 Å². The molecule has 0 radical (unpaired) electrons. The van der Waals surface area contributed by atoms with Crippen LogP contribution in [0.5, 0.6) is 0 Å². The van der Waals surface area contributed by atoms with E-state index in [2.05, 4.69) is 24.5 Å². The summed E-state index contributed by atoms with van der Waals surface area (Å²) in [5.74, 6) is -0.580. The van der Waals surface area contributed by atoms with Gasteiger partial charge in [-0.2, -0.15) is 0 Å². The van der Waals surface area contributed by atoms with Gasteiger partial charge in [-0.05, 0) is 48.2 Å². The summed E-state index contributed by atoms with van der Waals surface area (Å²) in [6.07, 6.45) is 0.166. The molecule has 0 aromatic heterocycles. The molecule has 1 aliphatic rings. The SMILES string of the molecule is CC(=O)Nc1ccc(C)cc1NC(=O)C1CC(=O)N(c2cccc(C(C)C)c2)C1. The van der Waals surface area contributed by atoms with Gasteiger partial charge in [0.25, 0.3) is 0 Å². The summed E-state index contributed by atoms with van der Waals surface area (Å²) < 4.78 is 0. The monoisotopic (exact) mass is 393 g/mol.